The first kappa shape index (κ1) is 10.6. The highest BCUT2D eigenvalue weighted by molar-refractivity contribution is 5.46. The Morgan fingerprint density at radius 1 is 1.31 bits per heavy atom. The number of aryl methyl sites for hydroxylation is 2. The van der Waals surface area contributed by atoms with Crippen LogP contribution in [-0.2, 0) is 20.0 Å². The minimum Gasteiger partial charge on any atom is -0.375 e. The standard InChI is InChI=1S/C11H15N5/c1-3-9-10(8-16(2)15-9)14-7-11-12-5-4-6-13-11/h4-6,8,14H,3,7H2,1-2H3. The normalized spacial score (nSPS) is 10.4. The second-order valence-electron chi connectivity index (χ2n) is 3.54. The predicted molar refractivity (Wildman–Crippen MR) is 61.9 cm³/mol. The van der Waals surface area contributed by atoms with Gasteiger partial charge in [-0.25, -0.2) is 9.97 Å². The van der Waals surface area contributed by atoms with Crippen molar-refractivity contribution in [3.8, 4) is 0 Å². The Hall–Kier alpha value is -1.91. The highest BCUT2D eigenvalue weighted by atomic mass is 15.3. The van der Waals surface area contributed by atoms with Crippen LogP contribution in [0.4, 0.5) is 5.69 Å². The van der Waals surface area contributed by atoms with Gasteiger partial charge in [0.15, 0.2) is 0 Å². The van der Waals surface area contributed by atoms with Crippen molar-refractivity contribution >= 4 is 5.69 Å². The highest BCUT2D eigenvalue weighted by Gasteiger charge is 2.05. The fraction of sp³-hybridized carbons (Fsp3) is 0.364. The van der Waals surface area contributed by atoms with E-state index in [0.717, 1.165) is 23.6 Å². The molecule has 2 rings (SSSR count). The molecule has 2 heterocycles. The van der Waals surface area contributed by atoms with E-state index >= 15 is 0 Å². The van der Waals surface area contributed by atoms with Crippen LogP contribution in [0.15, 0.2) is 24.7 Å². The monoisotopic (exact) mass is 217 g/mol. The maximum atomic E-state index is 4.35. The number of hydrogen-bond donors (Lipinski definition) is 1. The van der Waals surface area contributed by atoms with Crippen molar-refractivity contribution in [2.75, 3.05) is 5.32 Å². The molecule has 2 aromatic rings. The summed E-state index contributed by atoms with van der Waals surface area (Å²) < 4.78 is 1.81. The van der Waals surface area contributed by atoms with Gasteiger partial charge in [-0.2, -0.15) is 5.10 Å². The van der Waals surface area contributed by atoms with E-state index in [-0.39, 0.29) is 0 Å². The molecule has 0 amide bonds. The van der Waals surface area contributed by atoms with Crippen LogP contribution < -0.4 is 5.32 Å². The van der Waals surface area contributed by atoms with Gasteiger partial charge in [0.05, 0.1) is 17.9 Å². The summed E-state index contributed by atoms with van der Waals surface area (Å²) >= 11 is 0. The number of aromatic nitrogens is 4. The molecule has 0 saturated carbocycles. The highest BCUT2D eigenvalue weighted by Crippen LogP contribution is 2.13. The first-order valence-electron chi connectivity index (χ1n) is 5.32. The van der Waals surface area contributed by atoms with E-state index in [9.17, 15) is 0 Å². The smallest absolute Gasteiger partial charge is 0.147 e. The van der Waals surface area contributed by atoms with Gasteiger partial charge in [-0.3, -0.25) is 4.68 Å². The molecule has 0 radical (unpaired) electrons. The van der Waals surface area contributed by atoms with Gasteiger partial charge in [-0.15, -0.1) is 0 Å². The quantitative estimate of drug-likeness (QED) is 0.840. The van der Waals surface area contributed by atoms with Gasteiger partial charge >= 0.3 is 0 Å². The largest absolute Gasteiger partial charge is 0.375 e. The number of hydrogen-bond acceptors (Lipinski definition) is 4. The Bertz CT molecular complexity index is 449. The molecule has 0 aliphatic heterocycles. The summed E-state index contributed by atoms with van der Waals surface area (Å²) in [5.74, 6) is 0.786. The summed E-state index contributed by atoms with van der Waals surface area (Å²) in [6.07, 6.45) is 6.38. The van der Waals surface area contributed by atoms with Crippen molar-refractivity contribution in [2.45, 2.75) is 19.9 Å². The van der Waals surface area contributed by atoms with E-state index < -0.39 is 0 Å². The number of nitrogens with zero attached hydrogens (tertiary/aromatic N) is 4. The summed E-state index contributed by atoms with van der Waals surface area (Å²) in [5.41, 5.74) is 2.12. The average molecular weight is 217 g/mol. The minimum absolute atomic E-state index is 0.625. The molecular weight excluding hydrogens is 202 g/mol. The molecule has 5 nitrogen and oxygen atoms in total. The lowest BCUT2D eigenvalue weighted by Crippen LogP contribution is -2.04. The maximum absolute atomic E-state index is 4.35. The van der Waals surface area contributed by atoms with Gasteiger partial charge in [0.1, 0.15) is 5.82 Å². The van der Waals surface area contributed by atoms with Gasteiger partial charge in [-0.05, 0) is 12.5 Å². The third-order valence-corrected chi connectivity index (χ3v) is 2.30. The molecule has 0 aliphatic carbocycles. The number of nitrogens with one attached hydrogen (secondary N) is 1. The third-order valence-electron chi connectivity index (χ3n) is 2.30. The van der Waals surface area contributed by atoms with Crippen LogP contribution in [0.1, 0.15) is 18.4 Å². The van der Waals surface area contributed by atoms with Crippen molar-refractivity contribution in [1.82, 2.24) is 19.7 Å². The minimum atomic E-state index is 0.625. The van der Waals surface area contributed by atoms with Gasteiger partial charge in [0.25, 0.3) is 0 Å². The fourth-order valence-electron chi connectivity index (χ4n) is 1.54. The second-order valence-corrected chi connectivity index (χ2v) is 3.54. The van der Waals surface area contributed by atoms with Crippen molar-refractivity contribution in [3.63, 3.8) is 0 Å². The zero-order valence-corrected chi connectivity index (χ0v) is 9.51. The fourth-order valence-corrected chi connectivity index (χ4v) is 1.54. The summed E-state index contributed by atoms with van der Waals surface area (Å²) in [7, 11) is 1.92. The molecular formula is C11H15N5. The van der Waals surface area contributed by atoms with Crippen LogP contribution in [0.5, 0.6) is 0 Å². The molecule has 84 valence electrons. The molecule has 0 saturated heterocycles. The van der Waals surface area contributed by atoms with Gasteiger partial charge < -0.3 is 5.32 Å². The molecule has 16 heavy (non-hydrogen) atoms. The average Bonchev–Trinajstić information content (AvgIpc) is 2.68. The van der Waals surface area contributed by atoms with E-state index in [1.807, 2.05) is 24.0 Å². The van der Waals surface area contributed by atoms with Crippen LogP contribution >= 0.6 is 0 Å². The first-order valence-corrected chi connectivity index (χ1v) is 5.32. The Balaban J connectivity index is 2.04. The third kappa shape index (κ3) is 2.36. The molecule has 1 N–H and O–H groups in total. The molecule has 0 fully saturated rings. The number of rotatable bonds is 4. The molecule has 2 aromatic heterocycles. The zero-order valence-electron chi connectivity index (χ0n) is 9.51. The van der Waals surface area contributed by atoms with E-state index in [4.69, 9.17) is 0 Å². The lowest BCUT2D eigenvalue weighted by atomic mass is 10.3. The van der Waals surface area contributed by atoms with E-state index in [2.05, 4.69) is 27.3 Å². The Morgan fingerprint density at radius 2 is 2.06 bits per heavy atom. The summed E-state index contributed by atoms with van der Waals surface area (Å²) in [6.45, 7) is 2.71. The van der Waals surface area contributed by atoms with Gasteiger partial charge in [0.2, 0.25) is 0 Å². The predicted octanol–water partition coefficient (Wildman–Crippen LogP) is 1.38. The summed E-state index contributed by atoms with van der Waals surface area (Å²) in [5, 5.41) is 7.65. The van der Waals surface area contributed by atoms with Crippen molar-refractivity contribution in [1.29, 1.82) is 0 Å². The molecule has 0 aromatic carbocycles. The Kier molecular flexibility index (Phi) is 3.14. The molecule has 5 heteroatoms. The van der Waals surface area contributed by atoms with Crippen molar-refractivity contribution in [3.05, 3.63) is 36.2 Å². The summed E-state index contributed by atoms with van der Waals surface area (Å²) in [4.78, 5) is 8.31. The van der Waals surface area contributed by atoms with Gasteiger partial charge in [0, 0.05) is 25.6 Å². The van der Waals surface area contributed by atoms with Crippen LogP contribution in [-0.4, -0.2) is 19.7 Å². The van der Waals surface area contributed by atoms with E-state index in [0.29, 0.717) is 6.54 Å². The lowest BCUT2D eigenvalue weighted by molar-refractivity contribution is 0.746. The van der Waals surface area contributed by atoms with E-state index in [1.54, 1.807) is 12.4 Å². The Labute approximate surface area is 94.5 Å². The SMILES string of the molecule is CCc1nn(C)cc1NCc1ncccn1. The summed E-state index contributed by atoms with van der Waals surface area (Å²) in [6, 6.07) is 1.81. The zero-order chi connectivity index (χ0) is 11.4. The molecule has 0 bridgehead atoms. The van der Waals surface area contributed by atoms with Crippen LogP contribution in [0.2, 0.25) is 0 Å². The Morgan fingerprint density at radius 3 is 2.75 bits per heavy atom. The topological polar surface area (TPSA) is 55.6 Å². The van der Waals surface area contributed by atoms with Crippen LogP contribution in [0.25, 0.3) is 0 Å². The van der Waals surface area contributed by atoms with Gasteiger partial charge in [-0.1, -0.05) is 6.92 Å². The maximum Gasteiger partial charge on any atom is 0.147 e. The van der Waals surface area contributed by atoms with Crippen molar-refractivity contribution < 1.29 is 0 Å². The van der Waals surface area contributed by atoms with Crippen LogP contribution in [0, 0.1) is 0 Å². The molecule has 0 aliphatic rings. The van der Waals surface area contributed by atoms with E-state index in [1.165, 1.54) is 0 Å². The van der Waals surface area contributed by atoms with Crippen molar-refractivity contribution in [2.24, 2.45) is 7.05 Å². The molecule has 0 unspecified atom stereocenters. The lowest BCUT2D eigenvalue weighted by Gasteiger charge is -2.03. The molecule has 0 spiro atoms. The van der Waals surface area contributed by atoms with Crippen LogP contribution in [0.3, 0.4) is 0 Å². The second kappa shape index (κ2) is 4.74. The molecule has 0 atom stereocenters. The first-order chi connectivity index (χ1) is 7.79. The number of anilines is 1.